The summed E-state index contributed by atoms with van der Waals surface area (Å²) >= 11 is 0. The molecule has 0 saturated carbocycles. The Hall–Kier alpha value is -0.120. The zero-order chi connectivity index (χ0) is 13.5. The summed E-state index contributed by atoms with van der Waals surface area (Å²) in [7, 11) is 0. The van der Waals surface area contributed by atoms with Crippen LogP contribution in [-0.4, -0.2) is 54.9 Å². The molecule has 0 bridgehead atoms. The molecule has 0 radical (unpaired) electrons. The number of piperidine rings is 1. The molecule has 3 aliphatic heterocycles. The molecule has 0 aromatic rings. The van der Waals surface area contributed by atoms with E-state index < -0.39 is 0 Å². The van der Waals surface area contributed by atoms with E-state index in [1.807, 2.05) is 0 Å². The number of hydrogen-bond donors (Lipinski definition) is 0. The Morgan fingerprint density at radius 3 is 2.37 bits per heavy atom. The molecule has 3 aliphatic rings. The van der Waals surface area contributed by atoms with Crippen LogP contribution in [0.15, 0.2) is 0 Å². The smallest absolute Gasteiger partial charge is 0.137 e. The lowest BCUT2D eigenvalue weighted by molar-refractivity contribution is -0.0683. The van der Waals surface area contributed by atoms with Crippen molar-refractivity contribution in [2.24, 2.45) is 11.3 Å². The minimum Gasteiger partial charge on any atom is -0.353 e. The van der Waals surface area contributed by atoms with Crippen molar-refractivity contribution in [3.05, 3.63) is 0 Å². The van der Waals surface area contributed by atoms with Gasteiger partial charge in [-0.15, -0.1) is 0 Å². The lowest BCUT2D eigenvalue weighted by Crippen LogP contribution is -2.61. The van der Waals surface area contributed by atoms with Crippen LogP contribution < -0.4 is 0 Å². The number of nitrogens with zero attached hydrogens (tertiary/aromatic N) is 2. The molecule has 1 spiro atoms. The maximum atomic E-state index is 5.57. The van der Waals surface area contributed by atoms with Crippen LogP contribution >= 0.6 is 0 Å². The van der Waals surface area contributed by atoms with Crippen molar-refractivity contribution in [3.63, 3.8) is 0 Å². The number of rotatable bonds is 5. The maximum absolute atomic E-state index is 5.57. The molecule has 2 unspecified atom stereocenters. The van der Waals surface area contributed by atoms with Crippen molar-refractivity contribution in [1.82, 2.24) is 9.80 Å². The fourth-order valence-corrected chi connectivity index (χ4v) is 3.84. The summed E-state index contributed by atoms with van der Waals surface area (Å²) in [6.07, 6.45) is 6.54. The Balaban J connectivity index is 1.34. The molecule has 3 fully saturated rings. The van der Waals surface area contributed by atoms with Gasteiger partial charge >= 0.3 is 0 Å². The lowest BCUT2D eigenvalue weighted by atomic mass is 9.72. The van der Waals surface area contributed by atoms with Crippen molar-refractivity contribution in [2.75, 3.05) is 32.7 Å². The van der Waals surface area contributed by atoms with Crippen LogP contribution in [0.3, 0.4) is 0 Å². The topological polar surface area (TPSA) is 19.0 Å². The van der Waals surface area contributed by atoms with Crippen LogP contribution in [0.5, 0.6) is 0 Å². The second kappa shape index (κ2) is 5.34. The summed E-state index contributed by atoms with van der Waals surface area (Å²) in [5, 5.41) is 0. The summed E-state index contributed by atoms with van der Waals surface area (Å²) in [5.74, 6) is 0.858. The van der Waals surface area contributed by atoms with E-state index in [1.165, 1.54) is 58.4 Å². The minimum atomic E-state index is 0.467. The van der Waals surface area contributed by atoms with E-state index in [0.29, 0.717) is 17.7 Å². The molecule has 110 valence electrons. The second-order valence-corrected chi connectivity index (χ2v) is 7.51. The third kappa shape index (κ3) is 3.14. The molecule has 3 saturated heterocycles. The zero-order valence-electron chi connectivity index (χ0n) is 12.9. The number of ether oxygens (including phenoxy) is 1. The fraction of sp³-hybridized carbons (Fsp3) is 1.00. The van der Waals surface area contributed by atoms with Gasteiger partial charge in [-0.3, -0.25) is 4.90 Å². The first-order chi connectivity index (χ1) is 9.08. The van der Waals surface area contributed by atoms with Gasteiger partial charge in [0.2, 0.25) is 0 Å². The van der Waals surface area contributed by atoms with Crippen LogP contribution in [0, 0.1) is 11.3 Å². The average molecular weight is 266 g/mol. The number of hydrogen-bond acceptors (Lipinski definition) is 3. The van der Waals surface area contributed by atoms with Crippen molar-refractivity contribution in [3.8, 4) is 0 Å². The third-order valence-corrected chi connectivity index (χ3v) is 5.29. The van der Waals surface area contributed by atoms with Crippen molar-refractivity contribution in [2.45, 2.75) is 58.8 Å². The van der Waals surface area contributed by atoms with E-state index in [2.05, 4.69) is 30.6 Å². The van der Waals surface area contributed by atoms with Gasteiger partial charge in [0.05, 0.1) is 6.10 Å². The molecule has 3 rings (SSSR count). The normalized spacial score (nSPS) is 34.7. The molecule has 0 aromatic heterocycles. The largest absolute Gasteiger partial charge is 0.353 e. The van der Waals surface area contributed by atoms with Gasteiger partial charge in [0, 0.05) is 13.1 Å². The molecule has 0 aromatic carbocycles. The molecular formula is C16H30N2O. The van der Waals surface area contributed by atoms with Crippen molar-refractivity contribution in [1.29, 1.82) is 0 Å². The van der Waals surface area contributed by atoms with Crippen LogP contribution in [0.2, 0.25) is 0 Å². The second-order valence-electron chi connectivity index (χ2n) is 7.51. The molecule has 0 amide bonds. The fourth-order valence-electron chi connectivity index (χ4n) is 3.84. The highest BCUT2D eigenvalue weighted by atomic mass is 16.6. The van der Waals surface area contributed by atoms with Gasteiger partial charge in [-0.1, -0.05) is 13.8 Å². The monoisotopic (exact) mass is 266 g/mol. The molecular weight excluding hydrogens is 236 g/mol. The highest BCUT2D eigenvalue weighted by Gasteiger charge is 2.52. The van der Waals surface area contributed by atoms with Crippen LogP contribution in [0.4, 0.5) is 0 Å². The Morgan fingerprint density at radius 1 is 1.21 bits per heavy atom. The Labute approximate surface area is 118 Å². The van der Waals surface area contributed by atoms with E-state index >= 15 is 0 Å². The van der Waals surface area contributed by atoms with Gasteiger partial charge in [-0.05, 0) is 63.6 Å². The van der Waals surface area contributed by atoms with E-state index in [9.17, 15) is 0 Å². The third-order valence-electron chi connectivity index (χ3n) is 5.29. The average Bonchev–Trinajstić information content (AvgIpc) is 3.04. The summed E-state index contributed by atoms with van der Waals surface area (Å²) in [6, 6.07) is 0. The molecule has 19 heavy (non-hydrogen) atoms. The Kier molecular flexibility index (Phi) is 3.89. The van der Waals surface area contributed by atoms with Crippen LogP contribution in [-0.2, 0) is 4.74 Å². The van der Waals surface area contributed by atoms with Gasteiger partial charge in [-0.2, -0.15) is 0 Å². The van der Waals surface area contributed by atoms with Gasteiger partial charge < -0.3 is 9.64 Å². The summed E-state index contributed by atoms with van der Waals surface area (Å²) < 4.78 is 5.57. The SMILES string of the molecule is CC(C)CCCN1CCC2(CC1)CN(C1OC1C)C2. The lowest BCUT2D eigenvalue weighted by Gasteiger charge is -2.53. The molecule has 3 nitrogen and oxygen atoms in total. The highest BCUT2D eigenvalue weighted by Crippen LogP contribution is 2.44. The first-order valence-corrected chi connectivity index (χ1v) is 8.20. The Bertz CT molecular complexity index is 302. The molecule has 3 heterocycles. The van der Waals surface area contributed by atoms with Crippen LogP contribution in [0.25, 0.3) is 0 Å². The minimum absolute atomic E-state index is 0.467. The Morgan fingerprint density at radius 2 is 1.84 bits per heavy atom. The molecule has 2 atom stereocenters. The number of likely N-dealkylation sites (tertiary alicyclic amines) is 2. The van der Waals surface area contributed by atoms with E-state index in [4.69, 9.17) is 4.74 Å². The molecule has 3 heteroatoms. The van der Waals surface area contributed by atoms with E-state index in [1.54, 1.807) is 0 Å². The first-order valence-electron chi connectivity index (χ1n) is 8.20. The van der Waals surface area contributed by atoms with Gasteiger partial charge in [0.1, 0.15) is 6.23 Å². The van der Waals surface area contributed by atoms with Crippen LogP contribution in [0.1, 0.15) is 46.5 Å². The number of epoxide rings is 1. The quantitative estimate of drug-likeness (QED) is 0.713. The predicted octanol–water partition coefficient (Wildman–Crippen LogP) is 2.57. The summed E-state index contributed by atoms with van der Waals surface area (Å²) in [6.45, 7) is 13.4. The predicted molar refractivity (Wildman–Crippen MR) is 78.1 cm³/mol. The molecule has 0 aliphatic carbocycles. The summed E-state index contributed by atoms with van der Waals surface area (Å²) in [4.78, 5) is 5.23. The zero-order valence-corrected chi connectivity index (χ0v) is 12.9. The van der Waals surface area contributed by atoms with E-state index in [0.717, 1.165) is 5.92 Å². The highest BCUT2D eigenvalue weighted by molar-refractivity contribution is 5.02. The maximum Gasteiger partial charge on any atom is 0.137 e. The van der Waals surface area contributed by atoms with Crippen molar-refractivity contribution < 1.29 is 4.74 Å². The summed E-state index contributed by atoms with van der Waals surface area (Å²) in [5.41, 5.74) is 0.653. The van der Waals surface area contributed by atoms with Gasteiger partial charge in [0.15, 0.2) is 0 Å². The van der Waals surface area contributed by atoms with Gasteiger partial charge in [-0.25, -0.2) is 0 Å². The van der Waals surface area contributed by atoms with E-state index in [-0.39, 0.29) is 0 Å². The van der Waals surface area contributed by atoms with Crippen molar-refractivity contribution >= 4 is 0 Å². The first kappa shape index (κ1) is 13.8. The standard InChI is InChI=1S/C16H30N2O/c1-13(2)5-4-8-17-9-6-16(7-10-17)11-18(12-16)15-14(3)19-15/h13-15H,4-12H2,1-3H3. The molecule has 0 N–H and O–H groups in total. The van der Waals surface area contributed by atoms with Gasteiger partial charge in [0.25, 0.3) is 0 Å².